The molecule has 0 amide bonds. The summed E-state index contributed by atoms with van der Waals surface area (Å²) in [6.45, 7) is -1.45. The van der Waals surface area contributed by atoms with E-state index in [0.29, 0.717) is 0 Å². The maximum absolute atomic E-state index is 12.9. The Kier molecular flexibility index (Phi) is 5.42. The minimum atomic E-state index is -1.83. The Morgan fingerprint density at radius 1 is 1.14 bits per heavy atom. The number of rotatable bonds is 6. The number of H-pyrrole nitrogens is 2. The molecule has 3 rings (SSSR count). The number of cyclic esters (lactones) is 1. The number of nitrogens with one attached hydrogen (secondary N) is 2. The lowest BCUT2D eigenvalue weighted by Gasteiger charge is -2.23. The van der Waals surface area contributed by atoms with Crippen molar-refractivity contribution in [3.63, 3.8) is 0 Å². The van der Waals surface area contributed by atoms with Crippen molar-refractivity contribution in [2.75, 3.05) is 13.2 Å². The average Bonchev–Trinajstić information content (AvgIpc) is 3.08. The second-order valence-corrected chi connectivity index (χ2v) is 6.33. The van der Waals surface area contributed by atoms with Crippen LogP contribution in [0.1, 0.15) is 18.0 Å². The molecule has 0 spiro atoms. The highest BCUT2D eigenvalue weighted by Crippen LogP contribution is 2.23. The Morgan fingerprint density at radius 2 is 1.86 bits per heavy atom. The smallest absolute Gasteiger partial charge is 0.327 e. The first-order chi connectivity index (χ1) is 13.2. The van der Waals surface area contributed by atoms with Gasteiger partial charge in [-0.3, -0.25) is 28.9 Å². The largest absolute Gasteiger partial charge is 0.465 e. The van der Waals surface area contributed by atoms with Gasteiger partial charge in [0.2, 0.25) is 0 Å². The monoisotopic (exact) mass is 398 g/mol. The van der Waals surface area contributed by atoms with Gasteiger partial charge in [0.25, 0.3) is 11.1 Å². The summed E-state index contributed by atoms with van der Waals surface area (Å²) in [4.78, 5) is 56.6. The van der Waals surface area contributed by atoms with Gasteiger partial charge in [-0.15, -0.1) is 0 Å². The van der Waals surface area contributed by atoms with Crippen molar-refractivity contribution in [2.45, 2.75) is 37.2 Å². The summed E-state index contributed by atoms with van der Waals surface area (Å²) in [6, 6.07) is 0. The number of hydrogen-bond acceptors (Lipinski definition) is 10. The minimum Gasteiger partial charge on any atom is -0.465 e. The second-order valence-electron chi connectivity index (χ2n) is 6.33. The van der Waals surface area contributed by atoms with E-state index < -0.39 is 60.2 Å². The number of nitrogens with zero attached hydrogens (tertiary/aromatic N) is 2. The van der Waals surface area contributed by atoms with Crippen molar-refractivity contribution in [1.82, 2.24) is 19.5 Å². The third-order valence-corrected chi connectivity index (χ3v) is 4.48. The molecule has 0 aromatic carbocycles. The van der Waals surface area contributed by atoms with Gasteiger partial charge in [0.1, 0.15) is 35.6 Å². The summed E-state index contributed by atoms with van der Waals surface area (Å²) in [6.07, 6.45) is -5.11. The number of ether oxygens (including phenoxy) is 1. The van der Waals surface area contributed by atoms with Crippen molar-refractivity contribution in [1.29, 1.82) is 0 Å². The molecule has 1 aliphatic heterocycles. The summed E-state index contributed by atoms with van der Waals surface area (Å²) in [5.41, 5.74) is -3.76. The standard InChI is InChI=1S/C15H18N4O9/c20-4-7(22)10(23)6(21)3-19-11-9(12(24)18-15(27)17-11)16-8(13(19)25)5-1-2-28-14(5)26/h5-7,10,20-23H,1-4H2,(H2,17,18,24,27)/t5?,6-,7+,10-/m0/s1. The number of carbonyl (C=O) groups is 1. The highest BCUT2D eigenvalue weighted by molar-refractivity contribution is 5.80. The molecule has 3 heterocycles. The predicted octanol–water partition coefficient (Wildman–Crippen LogP) is -4.12. The fraction of sp³-hybridized carbons (Fsp3) is 0.533. The first kappa shape index (κ1) is 19.9. The molecule has 2 aromatic heterocycles. The lowest BCUT2D eigenvalue weighted by Crippen LogP contribution is -2.44. The van der Waals surface area contributed by atoms with Crippen LogP contribution in [0.3, 0.4) is 0 Å². The van der Waals surface area contributed by atoms with Crippen LogP contribution in [-0.4, -0.2) is 77.4 Å². The van der Waals surface area contributed by atoms with Crippen LogP contribution in [0.15, 0.2) is 14.4 Å². The zero-order chi connectivity index (χ0) is 20.6. The normalized spacial score (nSPS) is 20.1. The molecule has 152 valence electrons. The molecule has 13 heteroatoms. The molecule has 1 fully saturated rings. The zero-order valence-electron chi connectivity index (χ0n) is 14.4. The third kappa shape index (κ3) is 3.47. The first-order valence-electron chi connectivity index (χ1n) is 8.33. The second kappa shape index (κ2) is 7.63. The van der Waals surface area contributed by atoms with Crippen LogP contribution in [0.4, 0.5) is 0 Å². The maximum Gasteiger partial charge on any atom is 0.327 e. The van der Waals surface area contributed by atoms with Crippen LogP contribution in [-0.2, 0) is 16.1 Å². The molecule has 1 unspecified atom stereocenters. The zero-order valence-corrected chi connectivity index (χ0v) is 14.4. The van der Waals surface area contributed by atoms with Crippen molar-refractivity contribution >= 4 is 17.1 Å². The van der Waals surface area contributed by atoms with Gasteiger partial charge in [-0.2, -0.15) is 0 Å². The molecule has 13 nitrogen and oxygen atoms in total. The lowest BCUT2D eigenvalue weighted by atomic mass is 10.0. The summed E-state index contributed by atoms with van der Waals surface area (Å²) >= 11 is 0. The fourth-order valence-corrected chi connectivity index (χ4v) is 2.98. The summed E-state index contributed by atoms with van der Waals surface area (Å²) in [5, 5.41) is 38.3. The van der Waals surface area contributed by atoms with Gasteiger partial charge < -0.3 is 25.2 Å². The quantitative estimate of drug-likeness (QED) is 0.259. The first-order valence-corrected chi connectivity index (χ1v) is 8.33. The molecule has 2 aromatic rings. The number of aromatic nitrogens is 4. The fourth-order valence-electron chi connectivity index (χ4n) is 2.98. The van der Waals surface area contributed by atoms with Crippen molar-refractivity contribution in [2.24, 2.45) is 0 Å². The van der Waals surface area contributed by atoms with Crippen LogP contribution < -0.4 is 16.8 Å². The van der Waals surface area contributed by atoms with Crippen molar-refractivity contribution < 1.29 is 30.0 Å². The maximum atomic E-state index is 12.9. The van der Waals surface area contributed by atoms with Gasteiger partial charge >= 0.3 is 11.7 Å². The van der Waals surface area contributed by atoms with Gasteiger partial charge in [-0.1, -0.05) is 0 Å². The van der Waals surface area contributed by atoms with E-state index in [1.165, 1.54) is 0 Å². The highest BCUT2D eigenvalue weighted by atomic mass is 16.5. The van der Waals surface area contributed by atoms with E-state index in [0.717, 1.165) is 4.57 Å². The molecule has 0 radical (unpaired) electrons. The van der Waals surface area contributed by atoms with Crippen molar-refractivity contribution in [3.8, 4) is 0 Å². The number of fused-ring (bicyclic) bond motifs is 1. The SMILES string of the molecule is O=C1OCCC1c1nc2c(=O)[nH]c(=O)[nH]c2n(C[C@H](O)[C@H](O)[C@H](O)CO)c1=O. The van der Waals surface area contributed by atoms with Crippen LogP contribution in [0.5, 0.6) is 0 Å². The number of aromatic amines is 2. The topological polar surface area (TPSA) is 208 Å². The molecule has 1 aliphatic rings. The van der Waals surface area contributed by atoms with Gasteiger partial charge in [-0.05, 0) is 0 Å². The van der Waals surface area contributed by atoms with Crippen LogP contribution in [0.2, 0.25) is 0 Å². The molecule has 1 saturated heterocycles. The lowest BCUT2D eigenvalue weighted by molar-refractivity contribution is -0.139. The average molecular weight is 398 g/mol. The Balaban J connectivity index is 2.20. The van der Waals surface area contributed by atoms with E-state index >= 15 is 0 Å². The molecule has 28 heavy (non-hydrogen) atoms. The molecular formula is C15H18N4O9. The number of aliphatic hydroxyl groups is 4. The number of hydrogen-bond donors (Lipinski definition) is 6. The number of aliphatic hydroxyl groups excluding tert-OH is 4. The number of esters is 1. The Bertz CT molecular complexity index is 1070. The van der Waals surface area contributed by atoms with E-state index in [-0.39, 0.29) is 29.9 Å². The van der Waals surface area contributed by atoms with E-state index in [2.05, 4.69) is 9.97 Å². The summed E-state index contributed by atoms with van der Waals surface area (Å²) in [5.74, 6) is -1.73. The van der Waals surface area contributed by atoms with E-state index in [1.807, 2.05) is 4.98 Å². The highest BCUT2D eigenvalue weighted by Gasteiger charge is 2.34. The van der Waals surface area contributed by atoms with Crippen LogP contribution in [0.25, 0.3) is 11.2 Å². The molecule has 0 saturated carbocycles. The van der Waals surface area contributed by atoms with Crippen LogP contribution >= 0.6 is 0 Å². The van der Waals surface area contributed by atoms with E-state index in [9.17, 15) is 34.5 Å². The molecule has 6 N–H and O–H groups in total. The minimum absolute atomic E-state index is 0.0642. The molecule has 4 atom stereocenters. The summed E-state index contributed by atoms with van der Waals surface area (Å²) in [7, 11) is 0. The van der Waals surface area contributed by atoms with Gasteiger partial charge in [0.05, 0.1) is 19.8 Å². The molecule has 0 bridgehead atoms. The van der Waals surface area contributed by atoms with Gasteiger partial charge in [-0.25, -0.2) is 9.78 Å². The van der Waals surface area contributed by atoms with E-state index in [4.69, 9.17) is 9.84 Å². The van der Waals surface area contributed by atoms with E-state index in [1.54, 1.807) is 0 Å². The predicted molar refractivity (Wildman–Crippen MR) is 90.7 cm³/mol. The molecule has 0 aliphatic carbocycles. The third-order valence-electron chi connectivity index (χ3n) is 4.48. The van der Waals surface area contributed by atoms with Crippen LogP contribution in [0, 0.1) is 0 Å². The Hall–Kier alpha value is -2.87. The van der Waals surface area contributed by atoms with Gasteiger partial charge in [0, 0.05) is 6.42 Å². The Morgan fingerprint density at radius 3 is 2.46 bits per heavy atom. The molecular weight excluding hydrogens is 380 g/mol. The van der Waals surface area contributed by atoms with Gasteiger partial charge in [0.15, 0.2) is 5.52 Å². The van der Waals surface area contributed by atoms with Crippen molar-refractivity contribution in [3.05, 3.63) is 36.9 Å². The Labute approximate surface area is 154 Å². The summed E-state index contributed by atoms with van der Waals surface area (Å²) < 4.78 is 5.60. The number of carbonyl (C=O) groups excluding carboxylic acids is 1.